The Hall–Kier alpha value is -0.680. The van der Waals surface area contributed by atoms with Crippen LogP contribution < -0.4 is 0 Å². The first-order chi connectivity index (χ1) is 9.45. The van der Waals surface area contributed by atoms with Crippen LogP contribution in [0.2, 0.25) is 0 Å². The van der Waals surface area contributed by atoms with Crippen molar-refractivity contribution in [1.29, 1.82) is 0 Å². The minimum atomic E-state index is -4.29. The van der Waals surface area contributed by atoms with Gasteiger partial charge in [0.05, 0.1) is 13.2 Å². The SMILES string of the molecule is C=CC(=O)OCCCCCCCCCCOP(=O)(O)O. The zero-order chi connectivity index (χ0) is 15.3. The topological polar surface area (TPSA) is 93.1 Å². The van der Waals surface area contributed by atoms with E-state index in [0.717, 1.165) is 51.0 Å². The lowest BCUT2D eigenvalue weighted by Crippen LogP contribution is -2.01. The third-order valence-corrected chi connectivity index (χ3v) is 3.23. The highest BCUT2D eigenvalue weighted by Crippen LogP contribution is 2.35. The molecule has 2 N–H and O–H groups in total. The van der Waals surface area contributed by atoms with E-state index >= 15 is 0 Å². The van der Waals surface area contributed by atoms with E-state index in [1.165, 1.54) is 0 Å². The Labute approximate surface area is 120 Å². The van der Waals surface area contributed by atoms with Gasteiger partial charge in [-0.15, -0.1) is 0 Å². The van der Waals surface area contributed by atoms with Crippen molar-refractivity contribution in [3.05, 3.63) is 12.7 Å². The van der Waals surface area contributed by atoms with Crippen molar-refractivity contribution < 1.29 is 28.4 Å². The summed E-state index contributed by atoms with van der Waals surface area (Å²) in [5.41, 5.74) is 0. The lowest BCUT2D eigenvalue weighted by molar-refractivity contribution is -0.137. The summed E-state index contributed by atoms with van der Waals surface area (Å²) in [6.45, 7) is 3.88. The van der Waals surface area contributed by atoms with Crippen LogP contribution >= 0.6 is 7.82 Å². The summed E-state index contributed by atoms with van der Waals surface area (Å²) in [6, 6.07) is 0. The Morgan fingerprint density at radius 2 is 1.40 bits per heavy atom. The molecule has 0 fully saturated rings. The van der Waals surface area contributed by atoms with Gasteiger partial charge in [-0.3, -0.25) is 4.52 Å². The molecule has 0 saturated heterocycles. The maximum atomic E-state index is 10.7. The van der Waals surface area contributed by atoms with Crippen molar-refractivity contribution in [3.8, 4) is 0 Å². The van der Waals surface area contributed by atoms with E-state index in [1.54, 1.807) is 0 Å². The maximum Gasteiger partial charge on any atom is 0.469 e. The Morgan fingerprint density at radius 3 is 1.85 bits per heavy atom. The number of unbranched alkanes of at least 4 members (excludes halogenated alkanes) is 7. The normalized spacial score (nSPS) is 11.3. The highest BCUT2D eigenvalue weighted by Gasteiger charge is 2.12. The lowest BCUT2D eigenvalue weighted by atomic mass is 10.1. The molecule has 0 aromatic carbocycles. The molecule has 6 nitrogen and oxygen atoms in total. The Morgan fingerprint density at radius 1 is 0.950 bits per heavy atom. The van der Waals surface area contributed by atoms with Crippen LogP contribution in [0.25, 0.3) is 0 Å². The van der Waals surface area contributed by atoms with E-state index in [4.69, 9.17) is 14.5 Å². The molecule has 0 atom stereocenters. The van der Waals surface area contributed by atoms with Crippen LogP contribution in [0, 0.1) is 0 Å². The van der Waals surface area contributed by atoms with Crippen molar-refractivity contribution >= 4 is 13.8 Å². The van der Waals surface area contributed by atoms with Crippen molar-refractivity contribution in [2.45, 2.75) is 51.4 Å². The molecule has 0 aliphatic carbocycles. The molecule has 0 aromatic rings. The molecule has 0 aromatic heterocycles. The summed E-state index contributed by atoms with van der Waals surface area (Å²) in [5, 5.41) is 0. The van der Waals surface area contributed by atoms with E-state index in [-0.39, 0.29) is 12.6 Å². The molecule has 0 spiro atoms. The highest BCUT2D eigenvalue weighted by atomic mass is 31.2. The number of ether oxygens (including phenoxy) is 1. The van der Waals surface area contributed by atoms with Crippen molar-refractivity contribution in [1.82, 2.24) is 0 Å². The van der Waals surface area contributed by atoms with Gasteiger partial charge in [0.15, 0.2) is 0 Å². The summed E-state index contributed by atoms with van der Waals surface area (Å²) >= 11 is 0. The first-order valence-corrected chi connectivity index (χ1v) is 8.48. The number of phosphoric ester groups is 1. The zero-order valence-electron chi connectivity index (χ0n) is 11.8. The van der Waals surface area contributed by atoms with Crippen LogP contribution in [-0.4, -0.2) is 29.0 Å². The second-order valence-corrected chi connectivity index (χ2v) is 5.76. The smallest absolute Gasteiger partial charge is 0.463 e. The summed E-state index contributed by atoms with van der Waals surface area (Å²) in [7, 11) is -4.29. The molecule has 0 bridgehead atoms. The van der Waals surface area contributed by atoms with Gasteiger partial charge in [0.2, 0.25) is 0 Å². The molecule has 118 valence electrons. The first kappa shape index (κ1) is 19.3. The number of esters is 1. The molecule has 20 heavy (non-hydrogen) atoms. The summed E-state index contributed by atoms with van der Waals surface area (Å²) < 4.78 is 19.6. The molecular weight excluding hydrogens is 283 g/mol. The minimum absolute atomic E-state index is 0.110. The third-order valence-electron chi connectivity index (χ3n) is 2.71. The van der Waals surface area contributed by atoms with Gasteiger partial charge in [-0.2, -0.15) is 0 Å². The average Bonchev–Trinajstić information content (AvgIpc) is 2.38. The fourth-order valence-corrected chi connectivity index (χ4v) is 2.05. The van der Waals surface area contributed by atoms with E-state index in [1.807, 2.05) is 0 Å². The number of carbonyl (C=O) groups excluding carboxylic acids is 1. The predicted molar refractivity (Wildman–Crippen MR) is 76.1 cm³/mol. The number of hydrogen-bond donors (Lipinski definition) is 2. The predicted octanol–water partition coefficient (Wildman–Crippen LogP) is 2.95. The van der Waals surface area contributed by atoms with Gasteiger partial charge in [-0.05, 0) is 12.8 Å². The highest BCUT2D eigenvalue weighted by molar-refractivity contribution is 7.46. The second kappa shape index (κ2) is 12.1. The third kappa shape index (κ3) is 15.4. The molecule has 0 unspecified atom stereocenters. The Balaban J connectivity index is 3.12. The molecular formula is C13H25O6P. The summed E-state index contributed by atoms with van der Waals surface area (Å²) in [4.78, 5) is 27.7. The molecule has 0 aliphatic heterocycles. The number of rotatable bonds is 13. The van der Waals surface area contributed by atoms with Gasteiger partial charge >= 0.3 is 13.8 Å². The first-order valence-electron chi connectivity index (χ1n) is 6.95. The average molecular weight is 308 g/mol. The number of carbonyl (C=O) groups is 1. The van der Waals surface area contributed by atoms with Crippen LogP contribution in [0.5, 0.6) is 0 Å². The van der Waals surface area contributed by atoms with Crippen LogP contribution in [0.4, 0.5) is 0 Å². The largest absolute Gasteiger partial charge is 0.469 e. The minimum Gasteiger partial charge on any atom is -0.463 e. The van der Waals surface area contributed by atoms with Crippen molar-refractivity contribution in [2.24, 2.45) is 0 Å². The van der Waals surface area contributed by atoms with Crippen LogP contribution in [-0.2, 0) is 18.6 Å². The Kier molecular flexibility index (Phi) is 11.7. The summed E-state index contributed by atoms with van der Waals surface area (Å²) in [5.74, 6) is -0.373. The van der Waals surface area contributed by atoms with Gasteiger partial charge in [0.1, 0.15) is 0 Å². The quantitative estimate of drug-likeness (QED) is 0.235. The summed E-state index contributed by atoms with van der Waals surface area (Å²) in [6.07, 6.45) is 9.01. The number of phosphoric acid groups is 1. The van der Waals surface area contributed by atoms with Gasteiger partial charge in [0, 0.05) is 6.08 Å². The van der Waals surface area contributed by atoms with Crippen molar-refractivity contribution in [3.63, 3.8) is 0 Å². The van der Waals surface area contributed by atoms with Crippen LogP contribution in [0.3, 0.4) is 0 Å². The standard InChI is InChI=1S/C13H25O6P/c1-2-13(14)18-11-9-7-5-3-4-6-8-10-12-19-20(15,16)17/h2H,1,3-12H2,(H2,15,16,17). The van der Waals surface area contributed by atoms with Crippen molar-refractivity contribution in [2.75, 3.05) is 13.2 Å². The molecule has 0 rings (SSSR count). The molecule has 0 amide bonds. The molecule has 0 radical (unpaired) electrons. The Bertz CT molecular complexity index is 312. The zero-order valence-corrected chi connectivity index (χ0v) is 12.7. The second-order valence-electron chi connectivity index (χ2n) is 4.52. The van der Waals surface area contributed by atoms with Crippen LogP contribution in [0.15, 0.2) is 12.7 Å². The molecule has 7 heteroatoms. The van der Waals surface area contributed by atoms with E-state index < -0.39 is 7.82 Å². The molecule has 0 heterocycles. The number of hydrogen-bond acceptors (Lipinski definition) is 4. The van der Waals surface area contributed by atoms with Crippen LogP contribution in [0.1, 0.15) is 51.4 Å². The van der Waals surface area contributed by atoms with Gasteiger partial charge in [0.25, 0.3) is 0 Å². The van der Waals surface area contributed by atoms with E-state index in [9.17, 15) is 9.36 Å². The lowest BCUT2D eigenvalue weighted by Gasteiger charge is -2.05. The maximum absolute atomic E-state index is 10.7. The van der Waals surface area contributed by atoms with Gasteiger partial charge in [-0.25, -0.2) is 9.36 Å². The fraction of sp³-hybridized carbons (Fsp3) is 0.769. The van der Waals surface area contributed by atoms with Gasteiger partial charge in [-0.1, -0.05) is 45.1 Å². The van der Waals surface area contributed by atoms with E-state index in [0.29, 0.717) is 13.0 Å². The fourth-order valence-electron chi connectivity index (χ4n) is 1.68. The molecule has 0 saturated carbocycles. The van der Waals surface area contributed by atoms with E-state index in [2.05, 4.69) is 11.1 Å². The monoisotopic (exact) mass is 308 g/mol. The molecule has 0 aliphatic rings. The van der Waals surface area contributed by atoms with Gasteiger partial charge < -0.3 is 14.5 Å².